The molecule has 1 aromatic rings. The minimum Gasteiger partial charge on any atom is -0.313 e. The smallest absolute Gasteiger partial charge is 0.0242 e. The quantitative estimate of drug-likeness (QED) is 0.882. The van der Waals surface area contributed by atoms with Gasteiger partial charge in [0.25, 0.3) is 0 Å². The normalized spacial score (nSPS) is 19.5. The van der Waals surface area contributed by atoms with Crippen LogP contribution in [0.5, 0.6) is 0 Å². The predicted octanol–water partition coefficient (Wildman–Crippen LogP) is 3.96. The summed E-state index contributed by atoms with van der Waals surface area (Å²) in [5.41, 5.74) is 5.77. The fourth-order valence-corrected chi connectivity index (χ4v) is 3.48. The van der Waals surface area contributed by atoms with E-state index >= 15 is 0 Å². The van der Waals surface area contributed by atoms with Gasteiger partial charge in [-0.15, -0.1) is 0 Å². The summed E-state index contributed by atoms with van der Waals surface area (Å²) < 4.78 is 0. The van der Waals surface area contributed by atoms with Gasteiger partial charge in [0.1, 0.15) is 0 Å². The van der Waals surface area contributed by atoms with Gasteiger partial charge in [0.15, 0.2) is 0 Å². The first-order valence-electron chi connectivity index (χ1n) is 8.51. The summed E-state index contributed by atoms with van der Waals surface area (Å²) in [7, 11) is 0. The first kappa shape index (κ1) is 16.5. The average Bonchev–Trinajstić information content (AvgIpc) is 2.42. The molecule has 1 aliphatic heterocycles. The van der Waals surface area contributed by atoms with Crippen molar-refractivity contribution in [3.63, 3.8) is 0 Å². The van der Waals surface area contributed by atoms with Gasteiger partial charge in [-0.25, -0.2) is 0 Å². The van der Waals surface area contributed by atoms with E-state index in [0.29, 0.717) is 12.1 Å². The zero-order valence-corrected chi connectivity index (χ0v) is 14.5. The van der Waals surface area contributed by atoms with Crippen LogP contribution in [0.2, 0.25) is 0 Å². The largest absolute Gasteiger partial charge is 0.313 e. The van der Waals surface area contributed by atoms with Crippen LogP contribution in [0.1, 0.15) is 55.4 Å². The zero-order valence-electron chi connectivity index (χ0n) is 14.5. The van der Waals surface area contributed by atoms with Gasteiger partial charge in [-0.1, -0.05) is 24.1 Å². The molecule has 1 saturated heterocycles. The Morgan fingerprint density at radius 1 is 1.14 bits per heavy atom. The second-order valence-corrected chi connectivity index (χ2v) is 7.05. The third-order valence-corrected chi connectivity index (χ3v) is 4.80. The van der Waals surface area contributed by atoms with Crippen molar-refractivity contribution >= 4 is 0 Å². The molecule has 1 unspecified atom stereocenters. The Hall–Kier alpha value is -0.860. The Morgan fingerprint density at radius 2 is 1.81 bits per heavy atom. The molecule has 0 aromatic heterocycles. The van der Waals surface area contributed by atoms with Crippen LogP contribution in [0, 0.1) is 20.8 Å². The summed E-state index contributed by atoms with van der Waals surface area (Å²) in [5, 5.41) is 3.69. The lowest BCUT2D eigenvalue weighted by Crippen LogP contribution is -2.45. The standard InChI is InChI=1S/C19H32N2/c1-14(2)21(12-18-8-6-7-9-20-18)13-19-16(4)10-15(3)11-17(19)5/h10-11,14,18,20H,6-9,12-13H2,1-5H3. The number of benzene rings is 1. The molecule has 2 rings (SSSR count). The molecule has 0 spiro atoms. The molecule has 21 heavy (non-hydrogen) atoms. The van der Waals surface area contributed by atoms with Gasteiger partial charge >= 0.3 is 0 Å². The van der Waals surface area contributed by atoms with E-state index in [0.717, 1.165) is 6.54 Å². The van der Waals surface area contributed by atoms with E-state index in [2.05, 4.69) is 57.0 Å². The van der Waals surface area contributed by atoms with Crippen LogP contribution in [0.25, 0.3) is 0 Å². The molecule has 1 N–H and O–H groups in total. The van der Waals surface area contributed by atoms with Crippen molar-refractivity contribution in [1.82, 2.24) is 10.2 Å². The van der Waals surface area contributed by atoms with Crippen LogP contribution < -0.4 is 5.32 Å². The van der Waals surface area contributed by atoms with Gasteiger partial charge < -0.3 is 5.32 Å². The fourth-order valence-electron chi connectivity index (χ4n) is 3.48. The Labute approximate surface area is 130 Å². The Bertz CT molecular complexity index is 436. The van der Waals surface area contributed by atoms with E-state index in [1.807, 2.05) is 0 Å². The summed E-state index contributed by atoms with van der Waals surface area (Å²) in [4.78, 5) is 2.63. The second kappa shape index (κ2) is 7.42. The average molecular weight is 288 g/mol. The maximum Gasteiger partial charge on any atom is 0.0242 e. The summed E-state index contributed by atoms with van der Waals surface area (Å²) in [5.74, 6) is 0. The van der Waals surface area contributed by atoms with Gasteiger partial charge in [-0.2, -0.15) is 0 Å². The minimum absolute atomic E-state index is 0.592. The summed E-state index contributed by atoms with van der Waals surface area (Å²) in [6.45, 7) is 14.8. The van der Waals surface area contributed by atoms with E-state index in [-0.39, 0.29) is 0 Å². The lowest BCUT2D eigenvalue weighted by molar-refractivity contribution is 0.176. The molecule has 2 heteroatoms. The number of rotatable bonds is 5. The van der Waals surface area contributed by atoms with Gasteiger partial charge in [0.05, 0.1) is 0 Å². The number of nitrogens with zero attached hydrogens (tertiary/aromatic N) is 1. The number of aryl methyl sites for hydroxylation is 3. The molecular formula is C19H32N2. The zero-order chi connectivity index (χ0) is 15.4. The highest BCUT2D eigenvalue weighted by Crippen LogP contribution is 2.20. The van der Waals surface area contributed by atoms with E-state index in [1.54, 1.807) is 0 Å². The van der Waals surface area contributed by atoms with Crippen LogP contribution in [0.15, 0.2) is 12.1 Å². The number of nitrogens with one attached hydrogen (secondary N) is 1. The molecule has 1 heterocycles. The molecule has 1 fully saturated rings. The maximum atomic E-state index is 3.69. The highest BCUT2D eigenvalue weighted by Gasteiger charge is 2.19. The van der Waals surface area contributed by atoms with Gasteiger partial charge in [-0.05, 0) is 70.7 Å². The van der Waals surface area contributed by atoms with Gasteiger partial charge in [-0.3, -0.25) is 4.90 Å². The highest BCUT2D eigenvalue weighted by atomic mass is 15.2. The van der Waals surface area contributed by atoms with Crippen LogP contribution >= 0.6 is 0 Å². The lowest BCUT2D eigenvalue weighted by atomic mass is 9.98. The summed E-state index contributed by atoms with van der Waals surface area (Å²) in [6.07, 6.45) is 4.05. The molecule has 1 atom stereocenters. The Balaban J connectivity index is 2.09. The number of hydrogen-bond donors (Lipinski definition) is 1. The van der Waals surface area contributed by atoms with E-state index in [1.165, 1.54) is 54.6 Å². The first-order chi connectivity index (χ1) is 9.97. The molecule has 0 amide bonds. The molecule has 0 radical (unpaired) electrons. The fraction of sp³-hybridized carbons (Fsp3) is 0.684. The third kappa shape index (κ3) is 4.55. The van der Waals surface area contributed by atoms with Crippen LogP contribution in [0.4, 0.5) is 0 Å². The predicted molar refractivity (Wildman–Crippen MR) is 91.8 cm³/mol. The van der Waals surface area contributed by atoms with Crippen LogP contribution in [0.3, 0.4) is 0 Å². The highest BCUT2D eigenvalue weighted by molar-refractivity contribution is 5.37. The van der Waals surface area contributed by atoms with E-state index in [9.17, 15) is 0 Å². The molecule has 0 saturated carbocycles. The van der Waals surface area contributed by atoms with Crippen molar-refractivity contribution in [3.05, 3.63) is 34.4 Å². The number of hydrogen-bond acceptors (Lipinski definition) is 2. The monoisotopic (exact) mass is 288 g/mol. The van der Waals surface area contributed by atoms with Crippen molar-refractivity contribution in [3.8, 4) is 0 Å². The summed E-state index contributed by atoms with van der Waals surface area (Å²) >= 11 is 0. The molecule has 2 nitrogen and oxygen atoms in total. The van der Waals surface area contributed by atoms with Crippen LogP contribution in [-0.4, -0.2) is 30.1 Å². The third-order valence-electron chi connectivity index (χ3n) is 4.80. The SMILES string of the molecule is Cc1cc(C)c(CN(CC2CCCCN2)C(C)C)c(C)c1. The number of piperidine rings is 1. The van der Waals surface area contributed by atoms with Gasteiger partial charge in [0, 0.05) is 25.2 Å². The van der Waals surface area contributed by atoms with Crippen molar-refractivity contribution in [2.24, 2.45) is 0 Å². The first-order valence-corrected chi connectivity index (χ1v) is 8.51. The van der Waals surface area contributed by atoms with E-state index < -0.39 is 0 Å². The maximum absolute atomic E-state index is 3.69. The topological polar surface area (TPSA) is 15.3 Å². The molecular weight excluding hydrogens is 256 g/mol. The second-order valence-electron chi connectivity index (χ2n) is 7.05. The minimum atomic E-state index is 0.592. The molecule has 118 valence electrons. The van der Waals surface area contributed by atoms with Gasteiger partial charge in [0.2, 0.25) is 0 Å². The van der Waals surface area contributed by atoms with Crippen LogP contribution in [-0.2, 0) is 6.54 Å². The van der Waals surface area contributed by atoms with Crippen molar-refractivity contribution in [2.75, 3.05) is 13.1 Å². The Morgan fingerprint density at radius 3 is 2.33 bits per heavy atom. The molecule has 0 aliphatic carbocycles. The van der Waals surface area contributed by atoms with E-state index in [4.69, 9.17) is 0 Å². The molecule has 0 bridgehead atoms. The van der Waals surface area contributed by atoms with Crippen molar-refractivity contribution in [2.45, 2.75) is 72.5 Å². The molecule has 1 aliphatic rings. The Kier molecular flexibility index (Phi) is 5.83. The van der Waals surface area contributed by atoms with Crippen molar-refractivity contribution in [1.29, 1.82) is 0 Å². The van der Waals surface area contributed by atoms with Crippen molar-refractivity contribution < 1.29 is 0 Å². The summed E-state index contributed by atoms with van der Waals surface area (Å²) in [6, 6.07) is 5.90. The lowest BCUT2D eigenvalue weighted by Gasteiger charge is -2.34. The molecule has 1 aromatic carbocycles.